The molecule has 1 saturated carbocycles. The molecule has 0 saturated heterocycles. The molecule has 0 amide bonds. The Labute approximate surface area is 200 Å². The van der Waals surface area contributed by atoms with Gasteiger partial charge >= 0.3 is 0 Å². The first-order valence-electron chi connectivity index (χ1n) is 12.3. The van der Waals surface area contributed by atoms with Crippen LogP contribution in [0.5, 0.6) is 0 Å². The second kappa shape index (κ2) is 21.6. The summed E-state index contributed by atoms with van der Waals surface area (Å²) in [5, 5.41) is 18.9. The molecule has 4 nitrogen and oxygen atoms in total. The molecule has 2 rings (SSSR count). The molecule has 1 aliphatic carbocycles. The SMILES string of the molecule is C=C(C)C(O)C(CN)Cc1ccccc1.CC.CC(C)(C)C.CC1CCCC(O)C1.CN. The second-order valence-corrected chi connectivity index (χ2v) is 9.90. The van der Waals surface area contributed by atoms with Crippen molar-refractivity contribution < 1.29 is 10.2 Å². The monoisotopic (exact) mass is 452 g/mol. The zero-order valence-electron chi connectivity index (χ0n) is 22.7. The maximum atomic E-state index is 9.87. The van der Waals surface area contributed by atoms with E-state index in [-0.39, 0.29) is 12.0 Å². The first-order valence-corrected chi connectivity index (χ1v) is 12.3. The van der Waals surface area contributed by atoms with Crippen molar-refractivity contribution >= 4 is 0 Å². The van der Waals surface area contributed by atoms with E-state index in [1.807, 2.05) is 51.1 Å². The molecule has 4 heteroatoms. The summed E-state index contributed by atoms with van der Waals surface area (Å²) in [6.07, 6.45) is 4.91. The molecule has 0 bridgehead atoms. The Bertz CT molecular complexity index is 512. The van der Waals surface area contributed by atoms with Crippen LogP contribution in [0.25, 0.3) is 0 Å². The largest absolute Gasteiger partial charge is 0.393 e. The summed E-state index contributed by atoms with van der Waals surface area (Å²) >= 11 is 0. The number of hydrogen-bond acceptors (Lipinski definition) is 4. The van der Waals surface area contributed by atoms with Gasteiger partial charge in [-0.2, -0.15) is 0 Å². The predicted molar refractivity (Wildman–Crippen MR) is 144 cm³/mol. The Balaban J connectivity index is -0.000000415. The second-order valence-electron chi connectivity index (χ2n) is 9.90. The van der Waals surface area contributed by atoms with E-state index >= 15 is 0 Å². The van der Waals surface area contributed by atoms with Gasteiger partial charge in [-0.25, -0.2) is 0 Å². The van der Waals surface area contributed by atoms with Crippen molar-refractivity contribution in [1.29, 1.82) is 0 Å². The van der Waals surface area contributed by atoms with Crippen LogP contribution in [0.1, 0.15) is 86.6 Å². The lowest BCUT2D eigenvalue weighted by Gasteiger charge is -2.21. The van der Waals surface area contributed by atoms with E-state index in [1.165, 1.54) is 25.5 Å². The zero-order valence-corrected chi connectivity index (χ0v) is 22.7. The molecule has 0 aromatic heterocycles. The van der Waals surface area contributed by atoms with Crippen LogP contribution in [0.4, 0.5) is 0 Å². The third-order valence-electron chi connectivity index (χ3n) is 4.50. The lowest BCUT2D eigenvalue weighted by molar-refractivity contribution is 0.106. The Hall–Kier alpha value is -1.20. The molecular weight excluding hydrogens is 396 g/mol. The summed E-state index contributed by atoms with van der Waals surface area (Å²) in [5.41, 5.74) is 12.6. The fraction of sp³-hybridized carbons (Fsp3) is 0.714. The molecule has 32 heavy (non-hydrogen) atoms. The molecule has 6 N–H and O–H groups in total. The number of rotatable bonds is 5. The van der Waals surface area contributed by atoms with Crippen molar-refractivity contribution in [1.82, 2.24) is 0 Å². The van der Waals surface area contributed by atoms with Crippen molar-refractivity contribution in [2.24, 2.45) is 28.7 Å². The number of aliphatic hydroxyl groups excluding tert-OH is 2. The normalized spacial score (nSPS) is 19.0. The molecule has 0 heterocycles. The van der Waals surface area contributed by atoms with Crippen LogP contribution in [-0.2, 0) is 6.42 Å². The van der Waals surface area contributed by atoms with Crippen molar-refractivity contribution in [3.05, 3.63) is 48.0 Å². The molecule has 0 radical (unpaired) electrons. The predicted octanol–water partition coefficient (Wildman–Crippen LogP) is 5.95. The van der Waals surface area contributed by atoms with Crippen LogP contribution in [-0.4, -0.2) is 36.0 Å². The van der Waals surface area contributed by atoms with Gasteiger partial charge in [0.1, 0.15) is 0 Å². The highest BCUT2D eigenvalue weighted by atomic mass is 16.3. The number of benzene rings is 1. The fourth-order valence-electron chi connectivity index (χ4n) is 3.05. The van der Waals surface area contributed by atoms with Crippen molar-refractivity contribution in [3.63, 3.8) is 0 Å². The number of aliphatic hydroxyl groups is 2. The third-order valence-corrected chi connectivity index (χ3v) is 4.50. The van der Waals surface area contributed by atoms with Gasteiger partial charge in [0.25, 0.3) is 0 Å². The molecule has 4 atom stereocenters. The molecule has 1 aromatic rings. The molecule has 0 spiro atoms. The van der Waals surface area contributed by atoms with E-state index in [9.17, 15) is 5.11 Å². The van der Waals surface area contributed by atoms with Gasteiger partial charge in [0.05, 0.1) is 12.2 Å². The minimum absolute atomic E-state index is 0.0127. The minimum atomic E-state index is -0.504. The van der Waals surface area contributed by atoms with E-state index in [4.69, 9.17) is 10.8 Å². The molecule has 1 aliphatic rings. The van der Waals surface area contributed by atoms with E-state index in [0.717, 1.165) is 30.8 Å². The number of nitrogens with two attached hydrogens (primary N) is 2. The highest BCUT2D eigenvalue weighted by Gasteiger charge is 2.18. The van der Waals surface area contributed by atoms with Crippen LogP contribution in [0.3, 0.4) is 0 Å². The Kier molecular flexibility index (Phi) is 23.9. The average molecular weight is 453 g/mol. The van der Waals surface area contributed by atoms with Gasteiger partial charge in [-0.15, -0.1) is 0 Å². The fourth-order valence-corrected chi connectivity index (χ4v) is 3.05. The molecular formula is C28H56N2O2. The summed E-state index contributed by atoms with van der Waals surface area (Å²) in [6.45, 7) is 21.0. The van der Waals surface area contributed by atoms with Gasteiger partial charge in [0.15, 0.2) is 0 Å². The van der Waals surface area contributed by atoms with Crippen LogP contribution < -0.4 is 11.5 Å². The lowest BCUT2D eigenvalue weighted by atomic mass is 9.89. The van der Waals surface area contributed by atoms with E-state index < -0.39 is 6.10 Å². The van der Waals surface area contributed by atoms with Gasteiger partial charge in [-0.3, -0.25) is 0 Å². The average Bonchev–Trinajstić information content (AvgIpc) is 2.74. The van der Waals surface area contributed by atoms with Gasteiger partial charge in [0.2, 0.25) is 0 Å². The smallest absolute Gasteiger partial charge is 0.0788 e. The summed E-state index contributed by atoms with van der Waals surface area (Å²) in [7, 11) is 1.50. The van der Waals surface area contributed by atoms with Gasteiger partial charge in [-0.1, -0.05) is 104 Å². The Morgan fingerprint density at radius 1 is 1.09 bits per heavy atom. The van der Waals surface area contributed by atoms with Crippen LogP contribution >= 0.6 is 0 Å². The highest BCUT2D eigenvalue weighted by Crippen LogP contribution is 2.22. The standard InChI is InChI=1S/C13H19NO.C7H14O.C5H12.C2H6.CH5N/c1-10(2)13(15)12(9-14)8-11-6-4-3-5-7-11;1-6-3-2-4-7(8)5-6;1-5(2,3)4;2*1-2/h3-7,12-13,15H,1,8-9,14H2,2H3;6-8H,2-5H2,1H3;1-4H3;1-2H3;2H2,1H3. The van der Waals surface area contributed by atoms with E-state index in [1.54, 1.807) is 0 Å². The molecule has 1 aromatic carbocycles. The van der Waals surface area contributed by atoms with E-state index in [2.05, 4.69) is 46.9 Å². The van der Waals surface area contributed by atoms with Crippen molar-refractivity contribution in [3.8, 4) is 0 Å². The highest BCUT2D eigenvalue weighted by molar-refractivity contribution is 5.16. The topological polar surface area (TPSA) is 92.5 Å². The van der Waals surface area contributed by atoms with Crippen LogP contribution in [0.15, 0.2) is 42.5 Å². The summed E-state index contributed by atoms with van der Waals surface area (Å²) < 4.78 is 0. The molecule has 1 fully saturated rings. The van der Waals surface area contributed by atoms with Crippen molar-refractivity contribution in [2.75, 3.05) is 13.6 Å². The third kappa shape index (κ3) is 23.5. The van der Waals surface area contributed by atoms with Gasteiger partial charge < -0.3 is 21.7 Å². The summed E-state index contributed by atoms with van der Waals surface area (Å²) in [5.74, 6) is 0.823. The lowest BCUT2D eigenvalue weighted by Crippen LogP contribution is -2.30. The molecule has 190 valence electrons. The molecule has 4 unspecified atom stereocenters. The maximum absolute atomic E-state index is 9.87. The summed E-state index contributed by atoms with van der Waals surface area (Å²) in [4.78, 5) is 0. The quantitative estimate of drug-likeness (QED) is 0.415. The maximum Gasteiger partial charge on any atom is 0.0788 e. The van der Waals surface area contributed by atoms with Crippen LogP contribution in [0, 0.1) is 17.3 Å². The first-order chi connectivity index (χ1) is 14.9. The zero-order chi connectivity index (χ0) is 25.7. The Morgan fingerprint density at radius 2 is 1.56 bits per heavy atom. The summed E-state index contributed by atoms with van der Waals surface area (Å²) in [6, 6.07) is 10.1. The molecule has 0 aliphatic heterocycles. The van der Waals surface area contributed by atoms with Gasteiger partial charge in [0, 0.05) is 5.92 Å². The van der Waals surface area contributed by atoms with E-state index in [0.29, 0.717) is 12.0 Å². The van der Waals surface area contributed by atoms with Crippen LogP contribution in [0.2, 0.25) is 0 Å². The Morgan fingerprint density at radius 3 is 1.88 bits per heavy atom. The minimum Gasteiger partial charge on any atom is -0.393 e. The van der Waals surface area contributed by atoms with Gasteiger partial charge in [-0.05, 0) is 56.7 Å². The number of hydrogen-bond donors (Lipinski definition) is 4. The van der Waals surface area contributed by atoms with Crippen molar-refractivity contribution in [2.45, 2.75) is 99.7 Å². The first kappa shape index (κ1) is 35.4.